The van der Waals surface area contributed by atoms with E-state index in [0.717, 1.165) is 0 Å². The van der Waals surface area contributed by atoms with Crippen LogP contribution in [0.5, 0.6) is 0 Å². The van der Waals surface area contributed by atoms with E-state index in [1.165, 1.54) is 0 Å². The number of sulfone groups is 1. The molecule has 1 aliphatic rings. The van der Waals surface area contributed by atoms with Crippen molar-refractivity contribution in [2.45, 2.75) is 50.3 Å². The van der Waals surface area contributed by atoms with Crippen LogP contribution in [-0.2, 0) is 19.4 Å². The van der Waals surface area contributed by atoms with E-state index in [-0.39, 0.29) is 12.2 Å². The van der Waals surface area contributed by atoms with E-state index in [9.17, 15) is 18.0 Å². The third kappa shape index (κ3) is 3.69. The number of hydrogen-bond acceptors (Lipinski definition) is 4. The summed E-state index contributed by atoms with van der Waals surface area (Å²) in [6.07, 6.45) is 2.45. The molecule has 6 nitrogen and oxygen atoms in total. The standard InChI is InChI=1S/C11H19NO5S/c1-2-5-8(11(14)15)12-10(13)9-6-3-4-7-18(9,16)17/h8-9H,2-7H2,1H3,(H,12,13)(H,14,15). The Morgan fingerprint density at radius 3 is 2.56 bits per heavy atom. The fourth-order valence-corrected chi connectivity index (χ4v) is 3.87. The Morgan fingerprint density at radius 1 is 1.39 bits per heavy atom. The Labute approximate surface area is 107 Å². The van der Waals surface area contributed by atoms with E-state index in [1.807, 2.05) is 0 Å². The van der Waals surface area contributed by atoms with Crippen LogP contribution in [0.4, 0.5) is 0 Å². The summed E-state index contributed by atoms with van der Waals surface area (Å²) in [7, 11) is -3.41. The molecule has 0 aromatic heterocycles. The Bertz CT molecular complexity index is 417. The Morgan fingerprint density at radius 2 is 2.06 bits per heavy atom. The molecule has 1 heterocycles. The highest BCUT2D eigenvalue weighted by Crippen LogP contribution is 2.19. The first-order valence-electron chi connectivity index (χ1n) is 6.13. The van der Waals surface area contributed by atoms with Gasteiger partial charge in [0.2, 0.25) is 5.91 Å². The number of nitrogens with one attached hydrogen (secondary N) is 1. The number of rotatable bonds is 5. The third-order valence-electron chi connectivity index (χ3n) is 3.06. The van der Waals surface area contributed by atoms with Crippen molar-refractivity contribution in [1.29, 1.82) is 0 Å². The number of hydrogen-bond donors (Lipinski definition) is 2. The molecule has 0 saturated carbocycles. The normalized spacial score (nSPS) is 24.2. The number of amides is 1. The van der Waals surface area contributed by atoms with Crippen LogP contribution in [0.15, 0.2) is 0 Å². The third-order valence-corrected chi connectivity index (χ3v) is 5.24. The molecule has 18 heavy (non-hydrogen) atoms. The molecule has 1 saturated heterocycles. The lowest BCUT2D eigenvalue weighted by atomic mass is 10.1. The largest absolute Gasteiger partial charge is 0.480 e. The van der Waals surface area contributed by atoms with Crippen LogP contribution < -0.4 is 5.32 Å². The minimum atomic E-state index is -3.41. The number of carbonyl (C=O) groups is 2. The SMILES string of the molecule is CCCC(NC(=O)C1CCCCS1(=O)=O)C(=O)O. The average molecular weight is 277 g/mol. The van der Waals surface area contributed by atoms with Crippen LogP contribution in [-0.4, -0.2) is 42.4 Å². The van der Waals surface area contributed by atoms with Crippen molar-refractivity contribution in [3.8, 4) is 0 Å². The van der Waals surface area contributed by atoms with Gasteiger partial charge in [-0.1, -0.05) is 19.8 Å². The van der Waals surface area contributed by atoms with E-state index in [4.69, 9.17) is 5.11 Å². The molecule has 1 aliphatic heterocycles. The minimum Gasteiger partial charge on any atom is -0.480 e. The van der Waals surface area contributed by atoms with Crippen molar-refractivity contribution in [1.82, 2.24) is 5.32 Å². The maximum absolute atomic E-state index is 11.8. The molecule has 1 rings (SSSR count). The molecular weight excluding hydrogens is 258 g/mol. The van der Waals surface area contributed by atoms with Gasteiger partial charge < -0.3 is 10.4 Å². The summed E-state index contributed by atoms with van der Waals surface area (Å²) in [5.74, 6) is -1.79. The van der Waals surface area contributed by atoms with Gasteiger partial charge >= 0.3 is 5.97 Å². The quantitative estimate of drug-likeness (QED) is 0.754. The second-order valence-corrected chi connectivity index (χ2v) is 6.84. The molecule has 0 aromatic rings. The van der Waals surface area contributed by atoms with E-state index >= 15 is 0 Å². The molecule has 0 aromatic carbocycles. The summed E-state index contributed by atoms with van der Waals surface area (Å²) in [5.41, 5.74) is 0. The average Bonchev–Trinajstić information content (AvgIpc) is 2.27. The molecule has 2 unspecified atom stereocenters. The zero-order valence-corrected chi connectivity index (χ0v) is 11.2. The molecular formula is C11H19NO5S. The van der Waals surface area contributed by atoms with Crippen molar-refractivity contribution in [2.24, 2.45) is 0 Å². The Balaban J connectivity index is 2.71. The van der Waals surface area contributed by atoms with Crippen LogP contribution in [0.3, 0.4) is 0 Å². The predicted molar refractivity (Wildman–Crippen MR) is 65.9 cm³/mol. The van der Waals surface area contributed by atoms with Gasteiger partial charge in [-0.25, -0.2) is 13.2 Å². The zero-order chi connectivity index (χ0) is 13.8. The van der Waals surface area contributed by atoms with E-state index in [0.29, 0.717) is 25.7 Å². The molecule has 7 heteroatoms. The summed E-state index contributed by atoms with van der Waals surface area (Å²) < 4.78 is 23.4. The van der Waals surface area contributed by atoms with Gasteiger partial charge in [0.1, 0.15) is 11.3 Å². The van der Waals surface area contributed by atoms with Crippen LogP contribution in [0.1, 0.15) is 39.0 Å². The fraction of sp³-hybridized carbons (Fsp3) is 0.818. The predicted octanol–water partition coefficient (Wildman–Crippen LogP) is 0.323. The topological polar surface area (TPSA) is 101 Å². The van der Waals surface area contributed by atoms with Gasteiger partial charge in [-0.2, -0.15) is 0 Å². The summed E-state index contributed by atoms with van der Waals surface area (Å²) in [4.78, 5) is 22.8. The molecule has 1 amide bonds. The molecule has 2 N–H and O–H groups in total. The second kappa shape index (κ2) is 6.17. The summed E-state index contributed by atoms with van der Waals surface area (Å²) >= 11 is 0. The van der Waals surface area contributed by atoms with Crippen molar-refractivity contribution >= 4 is 21.7 Å². The zero-order valence-electron chi connectivity index (χ0n) is 10.4. The number of carboxylic acids is 1. The Hall–Kier alpha value is -1.11. The van der Waals surface area contributed by atoms with Crippen molar-refractivity contribution in [3.05, 3.63) is 0 Å². The van der Waals surface area contributed by atoms with Crippen molar-refractivity contribution in [3.63, 3.8) is 0 Å². The summed E-state index contributed by atoms with van der Waals surface area (Å²) in [6.45, 7) is 1.81. The molecule has 0 aliphatic carbocycles. The van der Waals surface area contributed by atoms with Gasteiger partial charge in [0, 0.05) is 0 Å². The second-order valence-electron chi connectivity index (χ2n) is 4.54. The molecule has 1 fully saturated rings. The van der Waals surface area contributed by atoms with Crippen LogP contribution in [0.25, 0.3) is 0 Å². The van der Waals surface area contributed by atoms with E-state index < -0.39 is 33.0 Å². The summed E-state index contributed by atoms with van der Waals surface area (Å²) in [6, 6.07) is -1.00. The lowest BCUT2D eigenvalue weighted by Crippen LogP contribution is -2.49. The van der Waals surface area contributed by atoms with Crippen LogP contribution >= 0.6 is 0 Å². The fourth-order valence-electron chi connectivity index (χ4n) is 2.06. The van der Waals surface area contributed by atoms with E-state index in [1.54, 1.807) is 6.92 Å². The van der Waals surface area contributed by atoms with Crippen LogP contribution in [0, 0.1) is 0 Å². The van der Waals surface area contributed by atoms with Gasteiger partial charge in [0.25, 0.3) is 0 Å². The minimum absolute atomic E-state index is 0.0105. The lowest BCUT2D eigenvalue weighted by molar-refractivity contribution is -0.142. The van der Waals surface area contributed by atoms with Gasteiger partial charge in [0.15, 0.2) is 9.84 Å². The molecule has 2 atom stereocenters. The molecule has 0 spiro atoms. The molecule has 104 valence electrons. The lowest BCUT2D eigenvalue weighted by Gasteiger charge is -2.23. The first kappa shape index (κ1) is 14.9. The number of carbonyl (C=O) groups excluding carboxylic acids is 1. The van der Waals surface area contributed by atoms with Crippen molar-refractivity contribution < 1.29 is 23.1 Å². The monoisotopic (exact) mass is 277 g/mol. The summed E-state index contributed by atoms with van der Waals surface area (Å²) in [5, 5.41) is 10.2. The highest BCUT2D eigenvalue weighted by atomic mass is 32.2. The highest BCUT2D eigenvalue weighted by Gasteiger charge is 2.36. The van der Waals surface area contributed by atoms with Crippen molar-refractivity contribution in [2.75, 3.05) is 5.75 Å². The van der Waals surface area contributed by atoms with Gasteiger partial charge in [-0.15, -0.1) is 0 Å². The smallest absolute Gasteiger partial charge is 0.326 e. The number of aliphatic carboxylic acids is 1. The molecule has 0 radical (unpaired) electrons. The Kier molecular flexibility index (Phi) is 5.13. The maximum Gasteiger partial charge on any atom is 0.326 e. The molecule has 0 bridgehead atoms. The van der Waals surface area contributed by atoms with Crippen LogP contribution in [0.2, 0.25) is 0 Å². The first-order valence-corrected chi connectivity index (χ1v) is 7.84. The van der Waals surface area contributed by atoms with Gasteiger partial charge in [-0.3, -0.25) is 4.79 Å². The van der Waals surface area contributed by atoms with Gasteiger partial charge in [0.05, 0.1) is 5.75 Å². The maximum atomic E-state index is 11.8. The number of carboxylic acid groups (broad SMARTS) is 1. The highest BCUT2D eigenvalue weighted by molar-refractivity contribution is 7.92. The first-order chi connectivity index (χ1) is 8.38. The van der Waals surface area contributed by atoms with E-state index in [2.05, 4.69) is 5.32 Å². The van der Waals surface area contributed by atoms with Gasteiger partial charge in [-0.05, 0) is 19.3 Å².